The minimum Gasteiger partial charge on any atom is -0.409 e. The first-order valence-corrected chi connectivity index (χ1v) is 4.79. The Morgan fingerprint density at radius 2 is 1.19 bits per heavy atom. The lowest BCUT2D eigenvalue weighted by Crippen LogP contribution is -2.17. The number of oxime groups is 2. The molecule has 0 saturated carbocycles. The Morgan fingerprint density at radius 1 is 0.812 bits per heavy atom. The standard InChI is InChI=1S/C8H18N4O4/c9-7(11-13)1-3-15-5-6-16-4-2-8(10)12-14/h13-14H,1-6H2,(H2,9,11)(H2,10,12). The molecule has 0 amide bonds. The molecule has 0 aromatic heterocycles. The van der Waals surface area contributed by atoms with Crippen molar-refractivity contribution >= 4 is 11.7 Å². The zero-order chi connectivity index (χ0) is 12.2. The Labute approximate surface area is 93.5 Å². The maximum Gasteiger partial charge on any atom is 0.141 e. The van der Waals surface area contributed by atoms with Crippen LogP contribution >= 0.6 is 0 Å². The molecule has 16 heavy (non-hydrogen) atoms. The molecule has 0 fully saturated rings. The summed E-state index contributed by atoms with van der Waals surface area (Å²) in [7, 11) is 0. The van der Waals surface area contributed by atoms with Crippen LogP contribution in [0, 0.1) is 0 Å². The minimum absolute atomic E-state index is 0.132. The Hall–Kier alpha value is -1.54. The van der Waals surface area contributed by atoms with Gasteiger partial charge < -0.3 is 31.4 Å². The zero-order valence-corrected chi connectivity index (χ0v) is 9.00. The van der Waals surface area contributed by atoms with Crippen molar-refractivity contribution in [3.63, 3.8) is 0 Å². The molecule has 6 N–H and O–H groups in total. The van der Waals surface area contributed by atoms with Gasteiger partial charge >= 0.3 is 0 Å². The van der Waals surface area contributed by atoms with Crippen LogP contribution in [0.4, 0.5) is 0 Å². The van der Waals surface area contributed by atoms with Crippen LogP contribution in [0.5, 0.6) is 0 Å². The summed E-state index contributed by atoms with van der Waals surface area (Å²) in [5.74, 6) is 0.265. The molecule has 0 spiro atoms. The third-order valence-electron chi connectivity index (χ3n) is 1.63. The van der Waals surface area contributed by atoms with E-state index in [9.17, 15) is 0 Å². The lowest BCUT2D eigenvalue weighted by atomic mass is 10.4. The largest absolute Gasteiger partial charge is 0.409 e. The lowest BCUT2D eigenvalue weighted by molar-refractivity contribution is 0.0527. The molecule has 0 aliphatic carbocycles. The molecule has 0 aliphatic heterocycles. The number of hydrogen-bond acceptors (Lipinski definition) is 6. The summed E-state index contributed by atoms with van der Waals surface area (Å²) in [5.41, 5.74) is 10.4. The van der Waals surface area contributed by atoms with E-state index >= 15 is 0 Å². The topological polar surface area (TPSA) is 136 Å². The van der Waals surface area contributed by atoms with Gasteiger partial charge in [0, 0.05) is 12.8 Å². The smallest absolute Gasteiger partial charge is 0.141 e. The molecular weight excluding hydrogens is 216 g/mol. The number of nitrogens with zero attached hydrogens (tertiary/aromatic N) is 2. The summed E-state index contributed by atoms with van der Waals surface area (Å²) in [5, 5.41) is 22.0. The van der Waals surface area contributed by atoms with Crippen LogP contribution in [0.3, 0.4) is 0 Å². The molecule has 8 heteroatoms. The van der Waals surface area contributed by atoms with E-state index in [4.69, 9.17) is 31.4 Å². The fraction of sp³-hybridized carbons (Fsp3) is 0.750. The first kappa shape index (κ1) is 14.5. The zero-order valence-electron chi connectivity index (χ0n) is 9.00. The fourth-order valence-electron chi connectivity index (χ4n) is 0.775. The van der Waals surface area contributed by atoms with Crippen LogP contribution in [0.1, 0.15) is 12.8 Å². The predicted molar refractivity (Wildman–Crippen MR) is 57.7 cm³/mol. The molecule has 94 valence electrons. The molecule has 0 aromatic carbocycles. The Kier molecular flexibility index (Phi) is 9.03. The molecule has 0 aromatic rings. The van der Waals surface area contributed by atoms with Gasteiger partial charge in [-0.15, -0.1) is 0 Å². The molecule has 0 saturated heterocycles. The highest BCUT2D eigenvalue weighted by molar-refractivity contribution is 5.79. The van der Waals surface area contributed by atoms with Gasteiger partial charge in [0.1, 0.15) is 11.7 Å². The van der Waals surface area contributed by atoms with Crippen molar-refractivity contribution in [3.8, 4) is 0 Å². The van der Waals surface area contributed by atoms with Crippen molar-refractivity contribution < 1.29 is 19.9 Å². The molecule has 0 atom stereocenters. The Balaban J connectivity index is 3.16. The van der Waals surface area contributed by atoms with Crippen LogP contribution < -0.4 is 11.5 Å². The molecule has 0 aliphatic rings. The Morgan fingerprint density at radius 3 is 1.50 bits per heavy atom. The van der Waals surface area contributed by atoms with Crippen LogP contribution in [0.15, 0.2) is 10.3 Å². The van der Waals surface area contributed by atoms with E-state index in [-0.39, 0.29) is 11.7 Å². The monoisotopic (exact) mass is 234 g/mol. The highest BCUT2D eigenvalue weighted by Crippen LogP contribution is 1.86. The van der Waals surface area contributed by atoms with Crippen molar-refractivity contribution in [2.45, 2.75) is 12.8 Å². The number of ether oxygens (including phenoxy) is 2. The summed E-state index contributed by atoms with van der Waals surface area (Å²) >= 11 is 0. The summed E-state index contributed by atoms with van der Waals surface area (Å²) < 4.78 is 10.3. The van der Waals surface area contributed by atoms with E-state index in [0.29, 0.717) is 39.3 Å². The summed E-state index contributed by atoms with van der Waals surface area (Å²) in [6.07, 6.45) is 0.751. The van der Waals surface area contributed by atoms with Gasteiger partial charge in [-0.2, -0.15) is 0 Å². The van der Waals surface area contributed by atoms with Crippen LogP contribution in [0.2, 0.25) is 0 Å². The van der Waals surface area contributed by atoms with Crippen molar-refractivity contribution in [3.05, 3.63) is 0 Å². The van der Waals surface area contributed by atoms with Crippen molar-refractivity contribution in [2.24, 2.45) is 21.8 Å². The van der Waals surface area contributed by atoms with Crippen LogP contribution in [-0.4, -0.2) is 48.5 Å². The quantitative estimate of drug-likeness (QED) is 0.137. The first-order valence-electron chi connectivity index (χ1n) is 4.79. The van der Waals surface area contributed by atoms with E-state index in [0.717, 1.165) is 0 Å². The average molecular weight is 234 g/mol. The molecule has 0 bridgehead atoms. The normalized spacial score (nSPS) is 13.0. The van der Waals surface area contributed by atoms with Gasteiger partial charge in [-0.25, -0.2) is 0 Å². The van der Waals surface area contributed by atoms with E-state index in [1.807, 2.05) is 0 Å². The predicted octanol–water partition coefficient (Wildman–Crippen LogP) is -0.707. The molecule has 8 nitrogen and oxygen atoms in total. The second kappa shape index (κ2) is 9.99. The summed E-state index contributed by atoms with van der Waals surface area (Å²) in [4.78, 5) is 0. The van der Waals surface area contributed by atoms with E-state index in [2.05, 4.69) is 10.3 Å². The van der Waals surface area contributed by atoms with Gasteiger partial charge in [-0.3, -0.25) is 0 Å². The highest BCUT2D eigenvalue weighted by atomic mass is 16.5. The number of nitrogens with two attached hydrogens (primary N) is 2. The first-order chi connectivity index (χ1) is 7.70. The number of hydrogen-bond donors (Lipinski definition) is 4. The van der Waals surface area contributed by atoms with E-state index in [1.165, 1.54) is 0 Å². The number of rotatable bonds is 9. The molecular formula is C8H18N4O4. The maximum absolute atomic E-state index is 8.22. The van der Waals surface area contributed by atoms with Gasteiger partial charge in [-0.05, 0) is 0 Å². The van der Waals surface area contributed by atoms with Gasteiger partial charge in [0.25, 0.3) is 0 Å². The minimum atomic E-state index is 0.132. The highest BCUT2D eigenvalue weighted by Gasteiger charge is 1.95. The fourth-order valence-corrected chi connectivity index (χ4v) is 0.775. The van der Waals surface area contributed by atoms with Crippen LogP contribution in [-0.2, 0) is 9.47 Å². The van der Waals surface area contributed by atoms with Gasteiger partial charge in [0.15, 0.2) is 0 Å². The van der Waals surface area contributed by atoms with Crippen molar-refractivity contribution in [2.75, 3.05) is 26.4 Å². The third-order valence-corrected chi connectivity index (χ3v) is 1.63. The number of amidine groups is 2. The SMILES string of the molecule is N/C(CCOCCOCC/C(N)=N\O)=N\O. The second-order valence-electron chi connectivity index (χ2n) is 2.91. The van der Waals surface area contributed by atoms with Gasteiger partial charge in [-0.1, -0.05) is 10.3 Å². The molecule has 0 rings (SSSR count). The van der Waals surface area contributed by atoms with Gasteiger partial charge in [0.2, 0.25) is 0 Å². The summed E-state index contributed by atoms with van der Waals surface area (Å²) in [6.45, 7) is 1.57. The van der Waals surface area contributed by atoms with Gasteiger partial charge in [0.05, 0.1) is 26.4 Å². The molecule has 0 radical (unpaired) electrons. The lowest BCUT2D eigenvalue weighted by Gasteiger charge is -2.04. The average Bonchev–Trinajstić information content (AvgIpc) is 2.31. The van der Waals surface area contributed by atoms with Crippen LogP contribution in [0.25, 0.3) is 0 Å². The van der Waals surface area contributed by atoms with Crippen molar-refractivity contribution in [1.82, 2.24) is 0 Å². The van der Waals surface area contributed by atoms with Crippen molar-refractivity contribution in [1.29, 1.82) is 0 Å². The third kappa shape index (κ3) is 9.03. The molecule has 0 heterocycles. The Bertz CT molecular complexity index is 208. The molecule has 0 unspecified atom stereocenters. The second-order valence-corrected chi connectivity index (χ2v) is 2.91. The van der Waals surface area contributed by atoms with E-state index in [1.54, 1.807) is 0 Å². The maximum atomic E-state index is 8.22. The van der Waals surface area contributed by atoms with E-state index < -0.39 is 0 Å². The summed E-state index contributed by atoms with van der Waals surface area (Å²) in [6, 6.07) is 0.